The van der Waals surface area contributed by atoms with Crippen molar-refractivity contribution in [3.05, 3.63) is 65.9 Å². The number of hydrogen-bond donors (Lipinski definition) is 0. The van der Waals surface area contributed by atoms with Gasteiger partial charge in [0, 0.05) is 12.2 Å². The van der Waals surface area contributed by atoms with Gasteiger partial charge in [-0.25, -0.2) is 14.2 Å². The fraction of sp³-hybridized carbons (Fsp3) is 0.318. The van der Waals surface area contributed by atoms with Gasteiger partial charge in [0.2, 0.25) is 0 Å². The van der Waals surface area contributed by atoms with Crippen LogP contribution in [0.2, 0.25) is 0 Å². The summed E-state index contributed by atoms with van der Waals surface area (Å²) in [6, 6.07) is 8.27. The number of esters is 1. The van der Waals surface area contributed by atoms with Crippen molar-refractivity contribution in [3.63, 3.8) is 0 Å². The van der Waals surface area contributed by atoms with Crippen LogP contribution in [0.3, 0.4) is 0 Å². The number of para-hydroxylation sites is 1. The van der Waals surface area contributed by atoms with E-state index in [0.717, 1.165) is 0 Å². The topological polar surface area (TPSA) is 99.4 Å². The van der Waals surface area contributed by atoms with Crippen molar-refractivity contribution in [2.24, 2.45) is 0 Å². The van der Waals surface area contributed by atoms with Crippen molar-refractivity contribution in [1.82, 2.24) is 24.9 Å². The fourth-order valence-corrected chi connectivity index (χ4v) is 3.71. The lowest BCUT2D eigenvalue weighted by Crippen LogP contribution is -2.49. The minimum Gasteiger partial charge on any atom is -0.470 e. The minimum atomic E-state index is -0.883. The molecule has 9 nitrogen and oxygen atoms in total. The van der Waals surface area contributed by atoms with Gasteiger partial charge in [-0.05, 0) is 38.0 Å². The van der Waals surface area contributed by atoms with Gasteiger partial charge in [-0.1, -0.05) is 12.1 Å². The third kappa shape index (κ3) is 4.16. The van der Waals surface area contributed by atoms with Crippen LogP contribution in [-0.4, -0.2) is 62.6 Å². The number of piperidine rings is 1. The van der Waals surface area contributed by atoms with E-state index in [1.807, 2.05) is 13.0 Å². The molecule has 4 rings (SSSR count). The molecule has 0 spiro atoms. The van der Waals surface area contributed by atoms with E-state index < -0.39 is 17.9 Å². The molecular weight excluding hydrogens is 417 g/mol. The first-order valence-corrected chi connectivity index (χ1v) is 10.2. The minimum absolute atomic E-state index is 0.0415. The molecule has 0 radical (unpaired) electrons. The molecule has 0 N–H and O–H groups in total. The van der Waals surface area contributed by atoms with E-state index in [0.29, 0.717) is 24.1 Å². The zero-order valence-corrected chi connectivity index (χ0v) is 17.6. The lowest BCUT2D eigenvalue weighted by molar-refractivity contribution is 0.0360. The molecule has 0 unspecified atom stereocenters. The van der Waals surface area contributed by atoms with Crippen molar-refractivity contribution >= 4 is 11.9 Å². The maximum atomic E-state index is 14.7. The van der Waals surface area contributed by atoms with E-state index >= 15 is 0 Å². The molecule has 1 aromatic carbocycles. The van der Waals surface area contributed by atoms with Crippen molar-refractivity contribution in [2.75, 3.05) is 13.7 Å². The summed E-state index contributed by atoms with van der Waals surface area (Å²) in [5.41, 5.74) is 0.764. The molecule has 166 valence electrons. The number of benzene rings is 1. The summed E-state index contributed by atoms with van der Waals surface area (Å²) in [5, 5.41) is 8.25. The van der Waals surface area contributed by atoms with Crippen LogP contribution in [0.15, 0.2) is 48.9 Å². The van der Waals surface area contributed by atoms with Gasteiger partial charge < -0.3 is 14.4 Å². The number of likely N-dealkylation sites (tertiary alicyclic amines) is 1. The van der Waals surface area contributed by atoms with E-state index in [1.165, 1.54) is 24.2 Å². The molecule has 1 fully saturated rings. The molecule has 32 heavy (non-hydrogen) atoms. The molecule has 2 aromatic heterocycles. The predicted octanol–water partition coefficient (Wildman–Crippen LogP) is 2.66. The van der Waals surface area contributed by atoms with Crippen LogP contribution >= 0.6 is 0 Å². The van der Waals surface area contributed by atoms with Crippen LogP contribution < -0.4 is 4.74 Å². The Bertz CT molecular complexity index is 1120. The first kappa shape index (κ1) is 21.4. The number of carbonyl (C=O) groups excluding carboxylic acids is 2. The van der Waals surface area contributed by atoms with Crippen LogP contribution in [0, 0.1) is 5.82 Å². The standard InChI is InChI=1S/C22H22FN5O4/c1-14-7-8-15(32-20-19(23)17(9-10-24-20)22(30)31-2)13-27(14)21(29)16-5-3-4-6-18(16)28-25-11-12-26-28/h3-6,9-12,14-15H,7-8,13H2,1-2H3/t14-,15-/m1/s1. The summed E-state index contributed by atoms with van der Waals surface area (Å²) in [6.07, 6.45) is 5.15. The van der Waals surface area contributed by atoms with Gasteiger partial charge in [0.1, 0.15) is 11.7 Å². The first-order valence-electron chi connectivity index (χ1n) is 10.2. The number of ether oxygens (including phenoxy) is 2. The van der Waals surface area contributed by atoms with E-state index in [1.54, 1.807) is 35.5 Å². The molecular formula is C22H22FN5O4. The highest BCUT2D eigenvalue weighted by Crippen LogP contribution is 2.26. The largest absolute Gasteiger partial charge is 0.470 e. The lowest BCUT2D eigenvalue weighted by Gasteiger charge is -2.38. The molecule has 0 saturated carbocycles. The second-order valence-electron chi connectivity index (χ2n) is 7.43. The number of pyridine rings is 1. The van der Waals surface area contributed by atoms with E-state index in [9.17, 15) is 14.0 Å². The number of methoxy groups -OCH3 is 1. The van der Waals surface area contributed by atoms with Gasteiger partial charge in [-0.15, -0.1) is 0 Å². The summed E-state index contributed by atoms with van der Waals surface area (Å²) >= 11 is 0. The van der Waals surface area contributed by atoms with Crippen LogP contribution in [0.25, 0.3) is 5.69 Å². The normalized spacial score (nSPS) is 18.3. The zero-order valence-electron chi connectivity index (χ0n) is 17.6. The maximum absolute atomic E-state index is 14.7. The molecule has 3 heterocycles. The van der Waals surface area contributed by atoms with Crippen molar-refractivity contribution in [2.45, 2.75) is 31.9 Å². The third-order valence-electron chi connectivity index (χ3n) is 5.41. The Kier molecular flexibility index (Phi) is 6.11. The molecule has 1 aliphatic rings. The summed E-state index contributed by atoms with van der Waals surface area (Å²) < 4.78 is 25.0. The third-order valence-corrected chi connectivity index (χ3v) is 5.41. The number of nitrogens with zero attached hydrogens (tertiary/aromatic N) is 5. The quantitative estimate of drug-likeness (QED) is 0.564. The Balaban J connectivity index is 1.55. The number of aromatic nitrogens is 4. The molecule has 1 aliphatic heterocycles. The van der Waals surface area contributed by atoms with Gasteiger partial charge in [0.05, 0.1) is 37.3 Å². The number of hydrogen-bond acceptors (Lipinski definition) is 7. The van der Waals surface area contributed by atoms with Crippen LogP contribution in [0.4, 0.5) is 4.39 Å². The Morgan fingerprint density at radius 3 is 2.56 bits per heavy atom. The Labute approximate surface area is 183 Å². The van der Waals surface area contributed by atoms with Crippen LogP contribution in [0.1, 0.15) is 40.5 Å². The Morgan fingerprint density at radius 1 is 1.06 bits per heavy atom. The van der Waals surface area contributed by atoms with Gasteiger partial charge >= 0.3 is 5.97 Å². The van der Waals surface area contributed by atoms with E-state index in [2.05, 4.69) is 19.9 Å². The van der Waals surface area contributed by atoms with E-state index in [-0.39, 0.29) is 29.9 Å². The molecule has 1 amide bonds. The van der Waals surface area contributed by atoms with Gasteiger partial charge in [0.15, 0.2) is 5.82 Å². The highest BCUT2D eigenvalue weighted by molar-refractivity contribution is 5.98. The molecule has 2 atom stereocenters. The molecule has 0 aliphatic carbocycles. The van der Waals surface area contributed by atoms with Gasteiger partial charge in [0.25, 0.3) is 11.8 Å². The number of amides is 1. The second-order valence-corrected chi connectivity index (χ2v) is 7.43. The van der Waals surface area contributed by atoms with Crippen molar-refractivity contribution in [1.29, 1.82) is 0 Å². The monoisotopic (exact) mass is 439 g/mol. The average molecular weight is 439 g/mol. The Morgan fingerprint density at radius 2 is 1.81 bits per heavy atom. The SMILES string of the molecule is COC(=O)c1ccnc(O[C@@H]2CC[C@@H](C)N(C(=O)c3ccccc3-n3nccn3)C2)c1F. The summed E-state index contributed by atoms with van der Waals surface area (Å²) in [4.78, 5) is 32.2. The second kappa shape index (κ2) is 9.13. The molecule has 10 heteroatoms. The van der Waals surface area contributed by atoms with Gasteiger partial charge in [-0.2, -0.15) is 15.0 Å². The van der Waals surface area contributed by atoms with Crippen molar-refractivity contribution < 1.29 is 23.5 Å². The number of carbonyl (C=O) groups is 2. The number of halogens is 1. The predicted molar refractivity (Wildman–Crippen MR) is 111 cm³/mol. The highest BCUT2D eigenvalue weighted by atomic mass is 19.1. The summed E-state index contributed by atoms with van der Waals surface area (Å²) in [6.45, 7) is 2.20. The van der Waals surface area contributed by atoms with E-state index in [4.69, 9.17) is 4.74 Å². The molecule has 3 aromatic rings. The van der Waals surface area contributed by atoms with Gasteiger partial charge in [-0.3, -0.25) is 4.79 Å². The Hall–Kier alpha value is -3.82. The zero-order chi connectivity index (χ0) is 22.7. The number of rotatable bonds is 5. The maximum Gasteiger partial charge on any atom is 0.341 e. The smallest absolute Gasteiger partial charge is 0.341 e. The lowest BCUT2D eigenvalue weighted by atomic mass is 9.99. The summed E-state index contributed by atoms with van der Waals surface area (Å²) in [5.74, 6) is -2.19. The molecule has 1 saturated heterocycles. The van der Waals surface area contributed by atoms with Crippen LogP contribution in [0.5, 0.6) is 5.88 Å². The molecule has 0 bridgehead atoms. The van der Waals surface area contributed by atoms with Crippen molar-refractivity contribution in [3.8, 4) is 11.6 Å². The summed E-state index contributed by atoms with van der Waals surface area (Å²) in [7, 11) is 1.17. The fourth-order valence-electron chi connectivity index (χ4n) is 3.71. The first-order chi connectivity index (χ1) is 15.5. The highest BCUT2D eigenvalue weighted by Gasteiger charge is 2.33. The van der Waals surface area contributed by atoms with Crippen LogP contribution in [-0.2, 0) is 4.74 Å². The average Bonchev–Trinajstić information content (AvgIpc) is 3.35.